The highest BCUT2D eigenvalue weighted by Gasteiger charge is 2.15. The van der Waals surface area contributed by atoms with E-state index in [2.05, 4.69) is 15.3 Å². The number of hydrogen-bond acceptors (Lipinski definition) is 4. The SMILES string of the molecule is Cc1cc2nc(SCC(=O)Nc3c(F)cccc3F)n(C)c(=O)c2[nH]1. The Labute approximate surface area is 145 Å². The number of anilines is 1. The number of nitrogens with zero attached hydrogens (tertiary/aromatic N) is 2. The van der Waals surface area contributed by atoms with Crippen LogP contribution in [0.15, 0.2) is 34.2 Å². The number of aryl methyl sites for hydroxylation is 1. The number of halogens is 2. The van der Waals surface area contributed by atoms with Crippen LogP contribution in [0.5, 0.6) is 0 Å². The van der Waals surface area contributed by atoms with E-state index in [4.69, 9.17) is 0 Å². The van der Waals surface area contributed by atoms with E-state index >= 15 is 0 Å². The summed E-state index contributed by atoms with van der Waals surface area (Å²) < 4.78 is 28.4. The lowest BCUT2D eigenvalue weighted by Gasteiger charge is -2.09. The van der Waals surface area contributed by atoms with E-state index in [0.717, 1.165) is 29.6 Å². The van der Waals surface area contributed by atoms with Crippen LogP contribution < -0.4 is 10.9 Å². The molecule has 0 fully saturated rings. The molecule has 2 heterocycles. The van der Waals surface area contributed by atoms with Crippen LogP contribution in [-0.2, 0) is 11.8 Å². The topological polar surface area (TPSA) is 79.8 Å². The molecule has 3 rings (SSSR count). The number of aromatic nitrogens is 3. The largest absolute Gasteiger partial charge is 0.353 e. The third-order valence-electron chi connectivity index (χ3n) is 3.51. The van der Waals surface area contributed by atoms with Crippen molar-refractivity contribution in [1.82, 2.24) is 14.5 Å². The maximum absolute atomic E-state index is 13.5. The van der Waals surface area contributed by atoms with E-state index in [1.807, 2.05) is 6.92 Å². The number of nitrogens with one attached hydrogen (secondary N) is 2. The minimum atomic E-state index is -0.854. The fourth-order valence-corrected chi connectivity index (χ4v) is 3.08. The zero-order valence-corrected chi connectivity index (χ0v) is 14.2. The van der Waals surface area contributed by atoms with Gasteiger partial charge in [0.2, 0.25) is 5.91 Å². The summed E-state index contributed by atoms with van der Waals surface area (Å²) >= 11 is 1.01. The molecule has 0 saturated carbocycles. The van der Waals surface area contributed by atoms with Gasteiger partial charge in [-0.25, -0.2) is 13.8 Å². The van der Waals surface area contributed by atoms with E-state index in [1.165, 1.54) is 10.6 Å². The zero-order chi connectivity index (χ0) is 18.1. The Morgan fingerprint density at radius 1 is 1.36 bits per heavy atom. The molecule has 2 N–H and O–H groups in total. The summed E-state index contributed by atoms with van der Waals surface area (Å²) in [6, 6.07) is 5.05. The number of carbonyl (C=O) groups is 1. The number of amides is 1. The highest BCUT2D eigenvalue weighted by molar-refractivity contribution is 7.99. The van der Waals surface area contributed by atoms with Crippen LogP contribution in [0, 0.1) is 18.6 Å². The van der Waals surface area contributed by atoms with Gasteiger partial charge in [-0.1, -0.05) is 17.8 Å². The van der Waals surface area contributed by atoms with Crippen LogP contribution in [0.1, 0.15) is 5.69 Å². The van der Waals surface area contributed by atoms with Gasteiger partial charge in [0.1, 0.15) is 22.8 Å². The lowest BCUT2D eigenvalue weighted by Crippen LogP contribution is -2.21. The first-order chi connectivity index (χ1) is 11.9. The normalized spacial score (nSPS) is 11.0. The maximum atomic E-state index is 13.5. The van der Waals surface area contributed by atoms with Crippen LogP contribution in [0.4, 0.5) is 14.5 Å². The lowest BCUT2D eigenvalue weighted by molar-refractivity contribution is -0.113. The van der Waals surface area contributed by atoms with E-state index in [0.29, 0.717) is 16.2 Å². The molecule has 0 aliphatic rings. The van der Waals surface area contributed by atoms with Crippen LogP contribution in [0.3, 0.4) is 0 Å². The number of thioether (sulfide) groups is 1. The molecule has 1 amide bonds. The molecular weight excluding hydrogens is 350 g/mol. The Bertz CT molecular complexity index is 1010. The van der Waals surface area contributed by atoms with Gasteiger partial charge < -0.3 is 10.3 Å². The molecule has 6 nitrogen and oxygen atoms in total. The molecule has 0 aliphatic heterocycles. The molecule has 0 bridgehead atoms. The first-order valence-electron chi connectivity index (χ1n) is 7.30. The number of aromatic amines is 1. The summed E-state index contributed by atoms with van der Waals surface area (Å²) in [6.07, 6.45) is 0. The molecular formula is C16H14F2N4O2S. The monoisotopic (exact) mass is 364 g/mol. The number of fused-ring (bicyclic) bond motifs is 1. The summed E-state index contributed by atoms with van der Waals surface area (Å²) in [7, 11) is 1.54. The quantitative estimate of drug-likeness (QED) is 0.551. The van der Waals surface area contributed by atoms with Crippen molar-refractivity contribution in [3.8, 4) is 0 Å². The van der Waals surface area contributed by atoms with Gasteiger partial charge in [-0.2, -0.15) is 0 Å². The number of H-pyrrole nitrogens is 1. The Balaban J connectivity index is 1.77. The van der Waals surface area contributed by atoms with Crippen molar-refractivity contribution in [1.29, 1.82) is 0 Å². The number of hydrogen-bond donors (Lipinski definition) is 2. The maximum Gasteiger partial charge on any atom is 0.278 e. The van der Waals surface area contributed by atoms with E-state index in [1.54, 1.807) is 13.1 Å². The number of rotatable bonds is 4. The third kappa shape index (κ3) is 3.41. The highest BCUT2D eigenvalue weighted by atomic mass is 32.2. The molecule has 0 unspecified atom stereocenters. The van der Waals surface area contributed by atoms with Crippen molar-refractivity contribution in [2.24, 2.45) is 7.05 Å². The van der Waals surface area contributed by atoms with Gasteiger partial charge >= 0.3 is 0 Å². The molecule has 1 aromatic carbocycles. The molecule has 25 heavy (non-hydrogen) atoms. The Morgan fingerprint density at radius 2 is 2.04 bits per heavy atom. The van der Waals surface area contributed by atoms with Crippen molar-refractivity contribution in [3.63, 3.8) is 0 Å². The Hall–Kier alpha value is -2.68. The summed E-state index contributed by atoms with van der Waals surface area (Å²) in [5.41, 5.74) is 0.938. The predicted molar refractivity (Wildman–Crippen MR) is 91.8 cm³/mol. The molecule has 2 aromatic heterocycles. The molecule has 3 aromatic rings. The van der Waals surface area contributed by atoms with Crippen molar-refractivity contribution in [3.05, 3.63) is 51.9 Å². The predicted octanol–water partition coefficient (Wildman–Crippen LogP) is 2.58. The minimum absolute atomic E-state index is 0.150. The highest BCUT2D eigenvalue weighted by Crippen LogP contribution is 2.20. The van der Waals surface area contributed by atoms with Gasteiger partial charge in [0.05, 0.1) is 11.3 Å². The third-order valence-corrected chi connectivity index (χ3v) is 4.54. The Morgan fingerprint density at radius 3 is 2.72 bits per heavy atom. The number of carbonyl (C=O) groups excluding carboxylic acids is 1. The average Bonchev–Trinajstić information content (AvgIpc) is 2.94. The summed E-state index contributed by atoms with van der Waals surface area (Å²) in [5, 5.41) is 2.53. The second kappa shape index (κ2) is 6.67. The molecule has 0 saturated heterocycles. The van der Waals surface area contributed by atoms with Crippen LogP contribution in [-0.4, -0.2) is 26.2 Å². The standard InChI is InChI=1S/C16H14F2N4O2S/c1-8-6-11-14(19-8)15(24)22(2)16(20-11)25-7-12(23)21-13-9(17)4-3-5-10(13)18/h3-6,19H,7H2,1-2H3,(H,21,23). The van der Waals surface area contributed by atoms with Crippen LogP contribution >= 0.6 is 11.8 Å². The lowest BCUT2D eigenvalue weighted by atomic mass is 10.3. The number of benzene rings is 1. The van der Waals surface area contributed by atoms with Gasteiger partial charge in [-0.05, 0) is 25.1 Å². The zero-order valence-electron chi connectivity index (χ0n) is 13.4. The van der Waals surface area contributed by atoms with Crippen molar-refractivity contribution in [2.45, 2.75) is 12.1 Å². The van der Waals surface area contributed by atoms with Gasteiger partial charge in [0, 0.05) is 12.7 Å². The molecule has 0 atom stereocenters. The molecule has 130 valence electrons. The summed E-state index contributed by atoms with van der Waals surface area (Å²) in [4.78, 5) is 31.5. The van der Waals surface area contributed by atoms with Gasteiger partial charge in [0.15, 0.2) is 5.16 Å². The van der Waals surface area contributed by atoms with Crippen molar-refractivity contribution in [2.75, 3.05) is 11.1 Å². The first-order valence-corrected chi connectivity index (χ1v) is 8.28. The van der Waals surface area contributed by atoms with Crippen molar-refractivity contribution < 1.29 is 13.6 Å². The smallest absolute Gasteiger partial charge is 0.278 e. The molecule has 0 spiro atoms. The van der Waals surface area contributed by atoms with Crippen molar-refractivity contribution >= 4 is 34.4 Å². The fourth-order valence-electron chi connectivity index (χ4n) is 2.31. The van der Waals surface area contributed by atoms with Gasteiger partial charge in [-0.3, -0.25) is 14.2 Å². The minimum Gasteiger partial charge on any atom is -0.353 e. The van der Waals surface area contributed by atoms with Crippen LogP contribution in [0.2, 0.25) is 0 Å². The van der Waals surface area contributed by atoms with E-state index in [-0.39, 0.29) is 11.3 Å². The Kier molecular flexibility index (Phi) is 4.58. The van der Waals surface area contributed by atoms with E-state index in [9.17, 15) is 18.4 Å². The van der Waals surface area contributed by atoms with Gasteiger partial charge in [0.25, 0.3) is 5.56 Å². The molecule has 9 heteroatoms. The molecule has 0 aliphatic carbocycles. The first kappa shape index (κ1) is 17.2. The van der Waals surface area contributed by atoms with Gasteiger partial charge in [-0.15, -0.1) is 0 Å². The summed E-state index contributed by atoms with van der Waals surface area (Å²) in [5.74, 6) is -2.46. The van der Waals surface area contributed by atoms with E-state index < -0.39 is 23.2 Å². The number of para-hydroxylation sites is 1. The molecule has 0 radical (unpaired) electrons. The fraction of sp³-hybridized carbons (Fsp3) is 0.188. The second-order valence-corrected chi connectivity index (χ2v) is 6.35. The van der Waals surface area contributed by atoms with Crippen LogP contribution in [0.25, 0.3) is 11.0 Å². The average molecular weight is 364 g/mol. The summed E-state index contributed by atoms with van der Waals surface area (Å²) in [6.45, 7) is 1.81. The second-order valence-electron chi connectivity index (χ2n) is 5.40.